The number of ether oxygens (including phenoxy) is 5. The summed E-state index contributed by atoms with van der Waals surface area (Å²) in [6.45, 7) is 33.8. The number of nitrogens with zero attached hydrogens (tertiary/aromatic N) is 3. The smallest absolute Gasteiger partial charge is 0.677 e. The maximum atomic E-state index is 13.0. The monoisotopic (exact) mass is 2000 g/mol. The molecule has 10 rings (SSSR count). The van der Waals surface area contributed by atoms with Crippen molar-refractivity contribution in [3.8, 4) is 17.2 Å². The van der Waals surface area contributed by atoms with Gasteiger partial charge < -0.3 is 60.0 Å². The Kier molecular flexibility index (Phi) is 54.4. The SMILES string of the molecule is CC(=O)C(C)(C)C.CCN(CC)CC.CCOC(=O)C(C)Cc1ccc(C)c(C(F)(F)F)c1.CCOC(=O)C(C)Cc1ccc(O)c(C(F)(F)F)c1.C[C@@H](Cc1ccc(O)c(C(F)(F)F)c1)C(=O)N1C(=O)OC[C@H]1Cc1ccccc1.C[C@H](Cc1ccc(O)c(C(F)(F)F)c1)C(=O)N1C(=O)OC[C@H]1Cc1ccccc1.Cc1ccc(CC(C)C(=O)O)cc1C(F)(F)F.N.O=[C-]OC[CH-]Cc1ccccc1.[Li+]. The number of carboxylic acids is 1. The van der Waals surface area contributed by atoms with E-state index in [2.05, 4.69) is 30.4 Å². The van der Waals surface area contributed by atoms with Gasteiger partial charge in [0.15, 0.2) is 0 Å². The van der Waals surface area contributed by atoms with E-state index >= 15 is 0 Å². The fourth-order valence-electron chi connectivity index (χ4n) is 13.4. The molecule has 2 heterocycles. The summed E-state index contributed by atoms with van der Waals surface area (Å²) in [5, 5.41) is 36.8. The number of carbonyl (C=O) groups excluding carboxylic acids is 8. The van der Waals surface area contributed by atoms with Crippen LogP contribution in [0.4, 0.5) is 75.4 Å². The Morgan fingerprint density at radius 2 is 0.702 bits per heavy atom. The second kappa shape index (κ2) is 60.4. The molecule has 8 aromatic rings. The minimum atomic E-state index is -4.70. The number of Topliss-reactive ketones (excluding diaryl/α,β-unsaturated/α-hetero) is 1. The minimum absolute atomic E-state index is 0. The molecule has 2 saturated heterocycles. The number of carbonyl (C=O) groups is 8. The molecule has 4 amide bonds. The van der Waals surface area contributed by atoms with Crippen LogP contribution in [-0.4, -0.2) is 154 Å². The number of rotatable bonds is 29. The summed E-state index contributed by atoms with van der Waals surface area (Å²) in [5.41, 5.74) is 0.192. The van der Waals surface area contributed by atoms with Crippen molar-refractivity contribution in [1.82, 2.24) is 20.9 Å². The summed E-state index contributed by atoms with van der Waals surface area (Å²) in [4.78, 5) is 108. The third-order valence-corrected chi connectivity index (χ3v) is 21.6. The van der Waals surface area contributed by atoms with Crippen LogP contribution in [0.2, 0.25) is 0 Å². The Hall–Kier alpha value is -11.9. The van der Waals surface area contributed by atoms with E-state index in [0.717, 1.165) is 75.9 Å². The van der Waals surface area contributed by atoms with E-state index < -0.39 is 160 Å². The fourth-order valence-corrected chi connectivity index (χ4v) is 13.4. The molecule has 3 unspecified atom stereocenters. The number of alkyl halides is 15. The minimum Gasteiger partial charge on any atom is -0.677 e. The van der Waals surface area contributed by atoms with Crippen molar-refractivity contribution in [2.75, 3.05) is 52.7 Å². The number of amides is 4. The van der Waals surface area contributed by atoms with Gasteiger partial charge in [-0.1, -0.05) is 228 Å². The third-order valence-electron chi connectivity index (χ3n) is 21.6. The van der Waals surface area contributed by atoms with Crippen LogP contribution < -0.4 is 25.0 Å². The number of ketones is 1. The number of carboxylic acid groups (broad SMARTS) is 1. The number of hydrogen-bond acceptors (Lipinski definition) is 19. The van der Waals surface area contributed by atoms with Gasteiger partial charge in [0.25, 0.3) is 0 Å². The first-order chi connectivity index (χ1) is 64.8. The van der Waals surface area contributed by atoms with E-state index in [9.17, 15) is 124 Å². The average Bonchev–Trinajstić information content (AvgIpc) is 1.61. The van der Waals surface area contributed by atoms with E-state index in [1.165, 1.54) is 88.8 Å². The van der Waals surface area contributed by atoms with Crippen molar-refractivity contribution in [2.45, 2.75) is 205 Å². The van der Waals surface area contributed by atoms with E-state index in [4.69, 9.17) is 24.1 Å². The number of aliphatic carboxylic acids is 1. The van der Waals surface area contributed by atoms with Gasteiger partial charge in [0.1, 0.15) is 36.2 Å². The van der Waals surface area contributed by atoms with E-state index in [1.54, 1.807) is 54.5 Å². The van der Waals surface area contributed by atoms with E-state index in [0.29, 0.717) is 36.1 Å². The number of esters is 2. The van der Waals surface area contributed by atoms with Gasteiger partial charge in [0, 0.05) is 17.3 Å². The van der Waals surface area contributed by atoms with Crippen molar-refractivity contribution in [2.24, 2.45) is 35.0 Å². The molecule has 7 atom stereocenters. The number of cyclic esters (lactones) is 2. The summed E-state index contributed by atoms with van der Waals surface area (Å²) in [6.07, 6.45) is -20.3. The first-order valence-corrected chi connectivity index (χ1v) is 44.5. The molecule has 8 aromatic carbocycles. The molecule has 38 heteroatoms. The zero-order valence-corrected chi connectivity index (χ0v) is 82.0. The Balaban J connectivity index is 0.000000835. The molecular formula is C103H125F15LiN4O18-. The van der Waals surface area contributed by atoms with Crippen LogP contribution in [0.3, 0.4) is 0 Å². The van der Waals surface area contributed by atoms with Gasteiger partial charge in [0.05, 0.1) is 70.9 Å². The summed E-state index contributed by atoms with van der Waals surface area (Å²) in [6, 6.07) is 45.2. The van der Waals surface area contributed by atoms with Crippen LogP contribution in [0.15, 0.2) is 182 Å². The first kappa shape index (κ1) is 127. The summed E-state index contributed by atoms with van der Waals surface area (Å²) in [5.74, 6) is -8.36. The van der Waals surface area contributed by atoms with Crippen molar-refractivity contribution in [1.29, 1.82) is 0 Å². The molecule has 0 radical (unpaired) electrons. The molecule has 772 valence electrons. The van der Waals surface area contributed by atoms with Crippen molar-refractivity contribution < 1.29 is 172 Å². The summed E-state index contributed by atoms with van der Waals surface area (Å²) < 4.78 is 216. The number of hydrogen-bond donors (Lipinski definition) is 5. The number of aryl methyl sites for hydroxylation is 2. The predicted octanol–water partition coefficient (Wildman–Crippen LogP) is 20.2. The quantitative estimate of drug-likeness (QED) is 0.00726. The standard InChI is InChI=1S/2C21H20F3NO4.C14H17F3O2.C13H15F3O3.C12H13F3O2.C10H10O2.C6H15N.C6H12O.Li.H3N/c2*1-13(9-15-7-8-18(26)17(11-15)21(22,23)24)19(27)25-16(12-29-20(25)28)10-14-5-3-2-4-6-14;1-4-19-13(18)10(3)7-11-6-5-9(2)12(8-11)14(15,16)17;1-3-19-12(18)8(2)6-9-4-5-11(17)10(7-9)13(14,15)16;1-7-3-4-9(5-8(2)11(16)17)6-10(7)12(13,14)15;11-9-12-8-4-7-10-5-2-1-3-6-10;1-4-7(5-2)6-3;1-5(7)6(2,3)4;;/h2*2-8,11,13,16,26H,9-10,12H2,1H3;5-6,8,10H,4,7H2,1-3H3;4-5,7-8,17H,3,6H2,1-2H3;3-4,6,8H,5H2,1-2H3,(H,16,17);1-6H,7-8H2;4-6H2,1-3H3;1-4H3;;1H3/q;;;;;-2;;;+1;/t13-,16+;13-,16-;;;;;;;;/m01......../s1. The summed E-state index contributed by atoms with van der Waals surface area (Å²) >= 11 is 0. The Morgan fingerprint density at radius 1 is 0.433 bits per heavy atom. The van der Waals surface area contributed by atoms with Gasteiger partial charge in [-0.2, -0.15) is 72.3 Å². The average molecular weight is 2000 g/mol. The molecule has 22 nitrogen and oxygen atoms in total. The number of phenolic OH excluding ortho intramolecular Hbond substituents is 3. The number of aromatic hydroxyl groups is 3. The Morgan fingerprint density at radius 3 is 0.957 bits per heavy atom. The number of phenols is 3. The topological polar surface area (TPSA) is 325 Å². The number of imide groups is 2. The van der Waals surface area contributed by atoms with E-state index in [1.807, 2.05) is 118 Å². The van der Waals surface area contributed by atoms with Crippen LogP contribution >= 0.6 is 0 Å². The molecule has 7 N–H and O–H groups in total. The molecule has 0 spiro atoms. The normalized spacial score (nSPS) is 14.4. The van der Waals surface area contributed by atoms with Crippen molar-refractivity contribution in [3.63, 3.8) is 0 Å². The van der Waals surface area contributed by atoms with E-state index in [-0.39, 0.29) is 117 Å². The summed E-state index contributed by atoms with van der Waals surface area (Å²) in [7, 11) is 0. The molecule has 2 fully saturated rings. The maximum absolute atomic E-state index is 13.0. The van der Waals surface area contributed by atoms with Crippen LogP contribution in [0.1, 0.15) is 180 Å². The van der Waals surface area contributed by atoms with Crippen LogP contribution in [0.25, 0.3) is 0 Å². The Bertz CT molecular complexity index is 4970. The third kappa shape index (κ3) is 44.8. The zero-order valence-electron chi connectivity index (χ0n) is 82.0. The molecule has 0 saturated carbocycles. The molecule has 0 bridgehead atoms. The van der Waals surface area contributed by atoms with Crippen LogP contribution in [0.5, 0.6) is 17.2 Å². The van der Waals surface area contributed by atoms with Crippen LogP contribution in [0, 0.1) is 55.3 Å². The maximum Gasteiger partial charge on any atom is 1.00 e. The van der Waals surface area contributed by atoms with Gasteiger partial charge in [-0.25, -0.2) is 19.4 Å². The first-order valence-electron chi connectivity index (χ1n) is 44.5. The number of benzene rings is 8. The molecule has 0 aliphatic carbocycles. The largest absolute Gasteiger partial charge is 1.00 e. The van der Waals surface area contributed by atoms with Crippen LogP contribution in [-0.2, 0) is 139 Å². The van der Waals surface area contributed by atoms with Gasteiger partial charge in [-0.15, -0.1) is 0 Å². The van der Waals surface area contributed by atoms with Crippen molar-refractivity contribution in [3.05, 3.63) is 272 Å². The molecular weight excluding hydrogens is 1870 g/mol. The van der Waals surface area contributed by atoms with Gasteiger partial charge in [0.2, 0.25) is 11.8 Å². The predicted molar refractivity (Wildman–Crippen MR) is 496 cm³/mol. The molecule has 2 aliphatic heterocycles. The number of halogens is 15. The zero-order chi connectivity index (χ0) is 105. The molecule has 0 aromatic heterocycles. The van der Waals surface area contributed by atoms with Gasteiger partial charge >= 0.3 is 79.8 Å². The fraction of sp³-hybridized carbons (Fsp3) is 0.437. The second-order valence-electron chi connectivity index (χ2n) is 33.8. The van der Waals surface area contributed by atoms with Gasteiger partial charge in [-0.3, -0.25) is 35.2 Å². The van der Waals surface area contributed by atoms with Crippen molar-refractivity contribution >= 4 is 54.2 Å². The second-order valence-corrected chi connectivity index (χ2v) is 33.8. The molecule has 2 aliphatic rings. The Labute approximate surface area is 824 Å². The van der Waals surface area contributed by atoms with Gasteiger partial charge in [-0.05, 0) is 198 Å². The molecule has 141 heavy (non-hydrogen) atoms.